The first-order valence-electron chi connectivity index (χ1n) is 5.27. The lowest BCUT2D eigenvalue weighted by Gasteiger charge is -1.99. The van der Waals surface area contributed by atoms with Crippen LogP contribution in [0.15, 0.2) is 21.7 Å². The second-order valence-electron chi connectivity index (χ2n) is 4.00. The number of hydrogen-bond acceptors (Lipinski definition) is 5. The minimum Gasteiger partial charge on any atom is -0.339 e. The summed E-state index contributed by atoms with van der Waals surface area (Å²) in [7, 11) is 0. The van der Waals surface area contributed by atoms with E-state index in [1.807, 2.05) is 0 Å². The fourth-order valence-electron chi connectivity index (χ4n) is 1.50. The maximum Gasteiger partial charge on any atom is 0.255 e. The first kappa shape index (κ1) is 10.5. The van der Waals surface area contributed by atoms with E-state index in [4.69, 9.17) is 16.1 Å². The molecule has 1 aliphatic carbocycles. The molecule has 0 bridgehead atoms. The molecule has 0 unspecified atom stereocenters. The summed E-state index contributed by atoms with van der Waals surface area (Å²) < 4.78 is 6.48. The van der Waals surface area contributed by atoms with Gasteiger partial charge in [-0.05, 0) is 12.8 Å². The maximum atomic E-state index is 11.5. The summed E-state index contributed by atoms with van der Waals surface area (Å²) in [6.45, 7) is 0.249. The Morgan fingerprint density at radius 1 is 1.53 bits per heavy atom. The van der Waals surface area contributed by atoms with Crippen molar-refractivity contribution in [1.29, 1.82) is 0 Å². The Kier molecular flexibility index (Phi) is 2.44. The van der Waals surface area contributed by atoms with Crippen LogP contribution in [-0.2, 0) is 6.54 Å². The summed E-state index contributed by atoms with van der Waals surface area (Å²) in [5.74, 6) is 1.56. The van der Waals surface area contributed by atoms with E-state index in [0.717, 1.165) is 12.8 Å². The molecule has 0 N–H and O–H groups in total. The molecule has 0 aliphatic heterocycles. The van der Waals surface area contributed by atoms with Crippen molar-refractivity contribution in [3.63, 3.8) is 0 Å². The summed E-state index contributed by atoms with van der Waals surface area (Å²) in [5, 5.41) is 4.01. The van der Waals surface area contributed by atoms with Crippen molar-refractivity contribution in [3.05, 3.63) is 39.6 Å². The van der Waals surface area contributed by atoms with Gasteiger partial charge < -0.3 is 4.52 Å². The second kappa shape index (κ2) is 3.96. The average molecular weight is 253 g/mol. The maximum absolute atomic E-state index is 11.5. The SMILES string of the molecule is O=c1cc(Cl)ncn1Cc1noc(C2CC2)n1. The highest BCUT2D eigenvalue weighted by atomic mass is 35.5. The number of rotatable bonds is 3. The van der Waals surface area contributed by atoms with E-state index in [-0.39, 0.29) is 17.3 Å². The Morgan fingerprint density at radius 2 is 2.35 bits per heavy atom. The molecular formula is C10H9ClN4O2. The fraction of sp³-hybridized carbons (Fsp3) is 0.400. The van der Waals surface area contributed by atoms with Crippen molar-refractivity contribution in [1.82, 2.24) is 19.7 Å². The molecule has 0 amide bonds. The van der Waals surface area contributed by atoms with Gasteiger partial charge >= 0.3 is 0 Å². The summed E-state index contributed by atoms with van der Waals surface area (Å²) in [6, 6.07) is 1.25. The molecule has 0 radical (unpaired) electrons. The predicted molar refractivity (Wildman–Crippen MR) is 58.9 cm³/mol. The van der Waals surface area contributed by atoms with Gasteiger partial charge in [0.05, 0.1) is 12.9 Å². The van der Waals surface area contributed by atoms with E-state index >= 15 is 0 Å². The van der Waals surface area contributed by atoms with Crippen LogP contribution in [0.1, 0.15) is 30.5 Å². The fourth-order valence-corrected chi connectivity index (χ4v) is 1.64. The lowest BCUT2D eigenvalue weighted by Crippen LogP contribution is -2.20. The lowest BCUT2D eigenvalue weighted by molar-refractivity contribution is 0.372. The van der Waals surface area contributed by atoms with Crippen LogP contribution >= 0.6 is 11.6 Å². The highest BCUT2D eigenvalue weighted by Crippen LogP contribution is 2.38. The Morgan fingerprint density at radius 3 is 3.06 bits per heavy atom. The van der Waals surface area contributed by atoms with E-state index in [9.17, 15) is 4.79 Å². The van der Waals surface area contributed by atoms with Crippen molar-refractivity contribution in [2.24, 2.45) is 0 Å². The summed E-state index contributed by atoms with van der Waals surface area (Å²) in [4.78, 5) is 19.6. The quantitative estimate of drug-likeness (QED) is 0.768. The molecule has 2 heterocycles. The second-order valence-corrected chi connectivity index (χ2v) is 4.39. The number of halogens is 1. The highest BCUT2D eigenvalue weighted by Gasteiger charge is 2.29. The lowest BCUT2D eigenvalue weighted by atomic mass is 10.4. The van der Waals surface area contributed by atoms with Gasteiger partial charge in [-0.15, -0.1) is 0 Å². The normalized spacial score (nSPS) is 15.1. The molecule has 0 aromatic carbocycles. The Balaban J connectivity index is 1.83. The van der Waals surface area contributed by atoms with Crippen LogP contribution in [0.3, 0.4) is 0 Å². The van der Waals surface area contributed by atoms with E-state index in [1.54, 1.807) is 0 Å². The molecule has 1 fully saturated rings. The Labute approximate surface area is 101 Å². The van der Waals surface area contributed by atoms with Crippen LogP contribution < -0.4 is 5.56 Å². The van der Waals surface area contributed by atoms with Crippen molar-refractivity contribution in [3.8, 4) is 0 Å². The molecule has 7 heteroatoms. The molecule has 1 saturated carbocycles. The zero-order chi connectivity index (χ0) is 11.8. The third-order valence-corrected chi connectivity index (χ3v) is 2.77. The average Bonchev–Trinajstić information content (AvgIpc) is 3.04. The van der Waals surface area contributed by atoms with Gasteiger partial charge in [0.25, 0.3) is 5.56 Å². The first-order valence-corrected chi connectivity index (χ1v) is 5.64. The summed E-state index contributed by atoms with van der Waals surface area (Å²) >= 11 is 5.60. The monoisotopic (exact) mass is 252 g/mol. The number of nitrogens with zero attached hydrogens (tertiary/aromatic N) is 4. The molecule has 88 valence electrons. The van der Waals surface area contributed by atoms with Crippen LogP contribution in [0.5, 0.6) is 0 Å². The Hall–Kier alpha value is -1.69. The highest BCUT2D eigenvalue weighted by molar-refractivity contribution is 6.29. The first-order chi connectivity index (χ1) is 8.22. The van der Waals surface area contributed by atoms with Gasteiger partial charge in [-0.25, -0.2) is 4.98 Å². The molecule has 0 spiro atoms. The zero-order valence-corrected chi connectivity index (χ0v) is 9.59. The predicted octanol–water partition coefficient (Wildman–Crippen LogP) is 1.21. The van der Waals surface area contributed by atoms with Gasteiger partial charge in [0, 0.05) is 12.0 Å². The van der Waals surface area contributed by atoms with Crippen LogP contribution in [0.25, 0.3) is 0 Å². The van der Waals surface area contributed by atoms with Gasteiger partial charge in [0.2, 0.25) is 5.89 Å². The third-order valence-electron chi connectivity index (χ3n) is 2.57. The van der Waals surface area contributed by atoms with Crippen LogP contribution in [0.2, 0.25) is 5.15 Å². The standard InChI is InChI=1S/C10H9ClN4O2/c11-7-3-9(16)15(5-12-7)4-8-13-10(17-14-8)6-1-2-6/h3,5-6H,1-2,4H2. The number of hydrogen-bond donors (Lipinski definition) is 0. The van der Waals surface area contributed by atoms with Gasteiger partial charge in [0.1, 0.15) is 5.15 Å². The molecule has 1 aliphatic rings. The summed E-state index contributed by atoms with van der Waals surface area (Å²) in [5.41, 5.74) is -0.234. The summed E-state index contributed by atoms with van der Waals surface area (Å²) in [6.07, 6.45) is 3.58. The number of aromatic nitrogens is 4. The molecule has 0 atom stereocenters. The topological polar surface area (TPSA) is 73.8 Å². The molecule has 2 aromatic rings. The van der Waals surface area contributed by atoms with Crippen LogP contribution in [-0.4, -0.2) is 19.7 Å². The van der Waals surface area contributed by atoms with E-state index in [2.05, 4.69) is 15.1 Å². The van der Waals surface area contributed by atoms with Crippen LogP contribution in [0, 0.1) is 0 Å². The zero-order valence-electron chi connectivity index (χ0n) is 8.84. The molecule has 17 heavy (non-hydrogen) atoms. The van der Waals surface area contributed by atoms with Crippen molar-refractivity contribution < 1.29 is 4.52 Å². The smallest absolute Gasteiger partial charge is 0.255 e. The Bertz CT molecular complexity index is 602. The third kappa shape index (κ3) is 2.21. The van der Waals surface area contributed by atoms with E-state index in [1.165, 1.54) is 17.0 Å². The van der Waals surface area contributed by atoms with Crippen molar-refractivity contribution >= 4 is 11.6 Å². The molecule has 2 aromatic heterocycles. The van der Waals surface area contributed by atoms with Crippen molar-refractivity contribution in [2.75, 3.05) is 0 Å². The molecule has 0 saturated heterocycles. The van der Waals surface area contributed by atoms with E-state index in [0.29, 0.717) is 17.6 Å². The van der Waals surface area contributed by atoms with Gasteiger partial charge in [-0.2, -0.15) is 4.98 Å². The van der Waals surface area contributed by atoms with Crippen LogP contribution in [0.4, 0.5) is 0 Å². The van der Waals surface area contributed by atoms with Crippen molar-refractivity contribution in [2.45, 2.75) is 25.3 Å². The largest absolute Gasteiger partial charge is 0.339 e. The van der Waals surface area contributed by atoms with Gasteiger partial charge in [-0.1, -0.05) is 16.8 Å². The van der Waals surface area contributed by atoms with Gasteiger partial charge in [0.15, 0.2) is 5.82 Å². The minimum absolute atomic E-state index is 0.179. The molecule has 6 nitrogen and oxygen atoms in total. The molecular weight excluding hydrogens is 244 g/mol. The van der Waals surface area contributed by atoms with Gasteiger partial charge in [-0.3, -0.25) is 9.36 Å². The molecule has 3 rings (SSSR count). The minimum atomic E-state index is -0.234. The van der Waals surface area contributed by atoms with E-state index < -0.39 is 0 Å².